The van der Waals surface area contributed by atoms with E-state index in [4.69, 9.17) is 4.74 Å². The lowest BCUT2D eigenvalue weighted by Crippen LogP contribution is -2.33. The number of carbonyl (C=O) groups is 3. The van der Waals surface area contributed by atoms with Crippen LogP contribution in [0.1, 0.15) is 62.3 Å². The number of benzene rings is 1. The quantitative estimate of drug-likeness (QED) is 0.240. The Balaban J connectivity index is 0.00000227. The van der Waals surface area contributed by atoms with Gasteiger partial charge in [-0.2, -0.15) is 0 Å². The molecule has 0 aromatic heterocycles. The van der Waals surface area contributed by atoms with E-state index in [9.17, 15) is 14.4 Å². The number of imide groups is 1. The number of azo groups is 1. The number of carbonyl (C=O) groups excluding carboxylic acids is 3. The molecule has 3 amide bonds. The SMILES string of the molecule is CC.CC.CNC(=O)/C(N=Nc1c(Br)ccc2c1C(=O)N(CC(C)C)C2=O)=C(\NC)OC. The molecule has 0 atom stereocenters. The van der Waals surface area contributed by atoms with E-state index < -0.39 is 11.8 Å². The van der Waals surface area contributed by atoms with Gasteiger partial charge in [-0.15, -0.1) is 10.2 Å². The molecule has 0 bridgehead atoms. The van der Waals surface area contributed by atoms with E-state index in [0.29, 0.717) is 11.0 Å². The summed E-state index contributed by atoms with van der Waals surface area (Å²) >= 11 is 3.34. The number of rotatable bonds is 7. The molecule has 0 radical (unpaired) electrons. The van der Waals surface area contributed by atoms with Crippen molar-refractivity contribution in [1.29, 1.82) is 0 Å². The Morgan fingerprint density at radius 3 is 2.16 bits per heavy atom. The predicted molar refractivity (Wildman–Crippen MR) is 129 cm³/mol. The maximum Gasteiger partial charge on any atom is 0.277 e. The molecule has 1 aliphatic rings. The number of nitrogens with one attached hydrogen (secondary N) is 2. The van der Waals surface area contributed by atoms with Gasteiger partial charge in [0.1, 0.15) is 5.69 Å². The lowest BCUT2D eigenvalue weighted by Gasteiger charge is -2.15. The maximum absolute atomic E-state index is 12.9. The van der Waals surface area contributed by atoms with Crippen molar-refractivity contribution in [2.45, 2.75) is 41.5 Å². The molecule has 10 heteroatoms. The van der Waals surface area contributed by atoms with Crippen molar-refractivity contribution < 1.29 is 19.1 Å². The van der Waals surface area contributed by atoms with E-state index in [0.717, 1.165) is 0 Å². The maximum atomic E-state index is 12.9. The van der Waals surface area contributed by atoms with E-state index in [1.165, 1.54) is 19.1 Å². The lowest BCUT2D eigenvalue weighted by molar-refractivity contribution is -0.117. The largest absolute Gasteiger partial charge is 0.481 e. The van der Waals surface area contributed by atoms with Crippen molar-refractivity contribution in [3.8, 4) is 0 Å². The number of nitrogens with zero attached hydrogens (tertiary/aromatic N) is 3. The zero-order chi connectivity index (χ0) is 25.0. The Labute approximate surface area is 198 Å². The molecule has 0 saturated carbocycles. The van der Waals surface area contributed by atoms with E-state index >= 15 is 0 Å². The minimum absolute atomic E-state index is 0.104. The summed E-state index contributed by atoms with van der Waals surface area (Å²) in [5.74, 6) is -1.10. The van der Waals surface area contributed by atoms with Crippen molar-refractivity contribution in [2.24, 2.45) is 16.1 Å². The molecule has 1 aliphatic heterocycles. The summed E-state index contributed by atoms with van der Waals surface area (Å²) in [5.41, 5.74) is 0.486. The second-order valence-corrected chi connectivity index (χ2v) is 7.20. The third-order valence-electron chi connectivity index (χ3n) is 3.95. The van der Waals surface area contributed by atoms with Gasteiger partial charge in [-0.1, -0.05) is 41.5 Å². The van der Waals surface area contributed by atoms with Crippen molar-refractivity contribution in [2.75, 3.05) is 27.7 Å². The van der Waals surface area contributed by atoms with Crippen LogP contribution in [0.4, 0.5) is 5.69 Å². The number of hydrogen-bond donors (Lipinski definition) is 2. The molecule has 9 nitrogen and oxygen atoms in total. The molecule has 1 aromatic rings. The fourth-order valence-corrected chi connectivity index (χ4v) is 3.10. The smallest absolute Gasteiger partial charge is 0.277 e. The highest BCUT2D eigenvalue weighted by atomic mass is 79.9. The van der Waals surface area contributed by atoms with Gasteiger partial charge >= 0.3 is 0 Å². The van der Waals surface area contributed by atoms with Crippen LogP contribution in [0.2, 0.25) is 0 Å². The Morgan fingerprint density at radius 2 is 1.69 bits per heavy atom. The predicted octanol–water partition coefficient (Wildman–Crippen LogP) is 4.62. The third kappa shape index (κ3) is 6.62. The molecule has 178 valence electrons. The molecule has 1 aromatic carbocycles. The van der Waals surface area contributed by atoms with Gasteiger partial charge in [-0.05, 0) is 34.0 Å². The van der Waals surface area contributed by atoms with Gasteiger partial charge in [-0.3, -0.25) is 19.3 Å². The van der Waals surface area contributed by atoms with Gasteiger partial charge < -0.3 is 15.4 Å². The number of fused-ring (bicyclic) bond motifs is 1. The molecular weight excluding hydrogens is 478 g/mol. The van der Waals surface area contributed by atoms with Crippen LogP contribution in [-0.4, -0.2) is 50.4 Å². The minimum Gasteiger partial charge on any atom is -0.481 e. The number of halogens is 1. The normalized spacial score (nSPS) is 13.0. The van der Waals surface area contributed by atoms with Crippen molar-refractivity contribution in [1.82, 2.24) is 15.5 Å². The number of methoxy groups -OCH3 is 1. The fourth-order valence-electron chi connectivity index (χ4n) is 2.69. The van der Waals surface area contributed by atoms with Gasteiger partial charge in [0.15, 0.2) is 0 Å². The highest BCUT2D eigenvalue weighted by Gasteiger charge is 2.38. The van der Waals surface area contributed by atoms with Crippen LogP contribution in [0.15, 0.2) is 38.4 Å². The first kappa shape index (κ1) is 29.2. The minimum atomic E-state index is -0.525. The molecule has 0 aliphatic carbocycles. The summed E-state index contributed by atoms with van der Waals surface area (Å²) in [4.78, 5) is 38.8. The molecule has 0 saturated heterocycles. The summed E-state index contributed by atoms with van der Waals surface area (Å²) < 4.78 is 5.58. The van der Waals surface area contributed by atoms with E-state index in [1.54, 1.807) is 19.2 Å². The van der Waals surface area contributed by atoms with Crippen LogP contribution < -0.4 is 10.6 Å². The van der Waals surface area contributed by atoms with Gasteiger partial charge in [0, 0.05) is 25.1 Å². The topological polar surface area (TPSA) is 112 Å². The Morgan fingerprint density at radius 1 is 1.09 bits per heavy atom. The molecule has 0 spiro atoms. The molecule has 2 rings (SSSR count). The van der Waals surface area contributed by atoms with Crippen LogP contribution >= 0.6 is 15.9 Å². The zero-order valence-electron chi connectivity index (χ0n) is 20.3. The Kier molecular flexibility index (Phi) is 13.1. The van der Waals surface area contributed by atoms with Gasteiger partial charge in [0.25, 0.3) is 17.7 Å². The molecule has 1 heterocycles. The van der Waals surface area contributed by atoms with E-state index in [2.05, 4.69) is 36.8 Å². The van der Waals surface area contributed by atoms with Crippen LogP contribution in [0, 0.1) is 5.92 Å². The van der Waals surface area contributed by atoms with Crippen molar-refractivity contribution in [3.05, 3.63) is 39.3 Å². The monoisotopic (exact) mass is 511 g/mol. The number of ether oxygens (including phenoxy) is 1. The van der Waals surface area contributed by atoms with Crippen LogP contribution in [0.25, 0.3) is 0 Å². The molecule has 0 fully saturated rings. The zero-order valence-corrected chi connectivity index (χ0v) is 21.9. The third-order valence-corrected chi connectivity index (χ3v) is 4.59. The number of likely N-dealkylation sites (N-methyl/N-ethyl adjacent to an activating group) is 1. The number of hydrogen-bond acceptors (Lipinski definition) is 7. The van der Waals surface area contributed by atoms with E-state index in [-0.39, 0.29) is 40.2 Å². The van der Waals surface area contributed by atoms with Crippen LogP contribution in [0.5, 0.6) is 0 Å². The van der Waals surface area contributed by atoms with Gasteiger partial charge in [0.2, 0.25) is 11.6 Å². The Hall–Kier alpha value is -2.75. The summed E-state index contributed by atoms with van der Waals surface area (Å²) in [5, 5.41) is 13.3. The van der Waals surface area contributed by atoms with E-state index in [1.807, 2.05) is 41.5 Å². The first-order valence-electron chi connectivity index (χ1n) is 10.5. The van der Waals surface area contributed by atoms with Crippen molar-refractivity contribution >= 4 is 39.3 Å². The van der Waals surface area contributed by atoms with Gasteiger partial charge in [0.05, 0.1) is 18.2 Å². The molecule has 2 N–H and O–H groups in total. The summed E-state index contributed by atoms with van der Waals surface area (Å²) in [7, 11) is 4.40. The van der Waals surface area contributed by atoms with Crippen LogP contribution in [-0.2, 0) is 9.53 Å². The molecular formula is C22H34BrN5O4. The molecule has 0 unspecified atom stereocenters. The second-order valence-electron chi connectivity index (χ2n) is 6.34. The first-order chi connectivity index (χ1) is 15.3. The molecule has 32 heavy (non-hydrogen) atoms. The Bertz CT molecular complexity index is 875. The number of amides is 3. The first-order valence-corrected chi connectivity index (χ1v) is 11.3. The van der Waals surface area contributed by atoms with Crippen molar-refractivity contribution in [3.63, 3.8) is 0 Å². The highest BCUT2D eigenvalue weighted by Crippen LogP contribution is 2.38. The summed E-state index contributed by atoms with van der Waals surface area (Å²) in [6.45, 7) is 12.1. The summed E-state index contributed by atoms with van der Waals surface area (Å²) in [6, 6.07) is 3.19. The standard InChI is InChI=1S/C18H22BrN5O4.2C2H6/c1-9(2)8-24-17(26)10-6-7-11(19)13(12(10)18(24)27)22-23-14(15(25)20-3)16(21-4)28-5;2*1-2/h6-7,9,21H,8H2,1-5H3,(H,20,25);2*1-2H3/b16-14-,23-22?;;. The lowest BCUT2D eigenvalue weighted by atomic mass is 10.1. The highest BCUT2D eigenvalue weighted by molar-refractivity contribution is 9.10. The fraction of sp³-hybridized carbons (Fsp3) is 0.500. The average molecular weight is 512 g/mol. The van der Waals surface area contributed by atoms with Gasteiger partial charge in [-0.25, -0.2) is 0 Å². The second kappa shape index (κ2) is 14.3. The summed E-state index contributed by atoms with van der Waals surface area (Å²) in [6.07, 6.45) is 0. The average Bonchev–Trinajstić information content (AvgIpc) is 3.04. The van der Waals surface area contributed by atoms with Crippen LogP contribution in [0.3, 0.4) is 0 Å².